The van der Waals surface area contributed by atoms with Crippen LogP contribution >= 0.6 is 15.9 Å². The lowest BCUT2D eigenvalue weighted by atomic mass is 9.98. The number of rotatable bonds is 7. The van der Waals surface area contributed by atoms with Crippen LogP contribution in [0.4, 0.5) is 5.69 Å². The molecule has 0 aliphatic carbocycles. The van der Waals surface area contributed by atoms with E-state index >= 15 is 0 Å². The molecule has 4 rings (SSSR count). The highest BCUT2D eigenvalue weighted by Gasteiger charge is 2.48. The molecule has 2 aromatic carbocycles. The highest BCUT2D eigenvalue weighted by Crippen LogP contribution is 2.44. The maximum Gasteiger partial charge on any atom is 0.300 e. The lowest BCUT2D eigenvalue weighted by molar-refractivity contribution is -0.132. The summed E-state index contributed by atoms with van der Waals surface area (Å²) in [4.78, 5) is 27.9. The van der Waals surface area contributed by atoms with Crippen LogP contribution in [0, 0.1) is 6.92 Å². The Morgan fingerprint density at radius 3 is 2.47 bits per heavy atom. The Balaban J connectivity index is 1.93. The van der Waals surface area contributed by atoms with E-state index in [0.29, 0.717) is 41.9 Å². The molecule has 0 saturated carbocycles. The molecule has 0 spiro atoms. The molecule has 1 fully saturated rings. The Bertz CT molecular complexity index is 1280. The van der Waals surface area contributed by atoms with Crippen LogP contribution in [0.15, 0.2) is 69.1 Å². The lowest BCUT2D eigenvalue weighted by Crippen LogP contribution is -2.29. The SMILES string of the molecule is CCOc1ccc(/C(O)=C2/C(=O)C(=O)N(c3cccc(Br)c3)C2c2ccc(C)o2)c(OCC)c1. The van der Waals surface area contributed by atoms with Gasteiger partial charge in [-0.3, -0.25) is 14.5 Å². The molecule has 1 saturated heterocycles. The van der Waals surface area contributed by atoms with Gasteiger partial charge in [0, 0.05) is 16.2 Å². The number of aliphatic hydroxyl groups is 1. The van der Waals surface area contributed by atoms with Crippen molar-refractivity contribution >= 4 is 39.1 Å². The predicted molar refractivity (Wildman–Crippen MR) is 131 cm³/mol. The van der Waals surface area contributed by atoms with Crippen LogP contribution in [-0.4, -0.2) is 30.0 Å². The molecular formula is C26H24BrNO6. The highest BCUT2D eigenvalue weighted by molar-refractivity contribution is 9.10. The van der Waals surface area contributed by atoms with Gasteiger partial charge in [0.05, 0.1) is 24.4 Å². The number of Topliss-reactive ketones (excluding diaryl/α,β-unsaturated/α-hetero) is 1. The number of ether oxygens (including phenoxy) is 2. The van der Waals surface area contributed by atoms with Crippen LogP contribution in [0.5, 0.6) is 11.5 Å². The van der Waals surface area contributed by atoms with Gasteiger partial charge in [-0.2, -0.15) is 0 Å². The second-order valence-electron chi connectivity index (χ2n) is 7.62. The van der Waals surface area contributed by atoms with E-state index in [4.69, 9.17) is 13.9 Å². The number of carbonyl (C=O) groups is 2. The van der Waals surface area contributed by atoms with Gasteiger partial charge in [-0.15, -0.1) is 0 Å². The minimum Gasteiger partial charge on any atom is -0.507 e. The normalized spacial score (nSPS) is 17.3. The number of benzene rings is 2. The average molecular weight is 526 g/mol. The van der Waals surface area contributed by atoms with Crippen molar-refractivity contribution in [1.29, 1.82) is 0 Å². The van der Waals surface area contributed by atoms with Crippen LogP contribution in [0.1, 0.15) is 37.0 Å². The topological polar surface area (TPSA) is 89.2 Å². The molecule has 176 valence electrons. The maximum atomic E-state index is 13.3. The molecule has 8 heteroatoms. The van der Waals surface area contributed by atoms with Gasteiger partial charge in [0.15, 0.2) is 0 Å². The first-order valence-electron chi connectivity index (χ1n) is 10.9. The van der Waals surface area contributed by atoms with Crippen molar-refractivity contribution in [2.75, 3.05) is 18.1 Å². The first kappa shape index (κ1) is 23.6. The smallest absolute Gasteiger partial charge is 0.300 e. The first-order chi connectivity index (χ1) is 16.3. The fraction of sp³-hybridized carbons (Fsp3) is 0.231. The molecule has 1 aliphatic rings. The standard InChI is InChI=1S/C26H24BrNO6/c1-4-32-18-10-11-19(21(14-18)33-5-2)24(29)22-23(20-12-9-15(3)34-20)28(26(31)25(22)30)17-8-6-7-16(27)13-17/h6-14,23,29H,4-5H2,1-3H3/b24-22-. The van der Waals surface area contributed by atoms with E-state index in [1.807, 2.05) is 19.9 Å². The first-order valence-corrected chi connectivity index (χ1v) is 11.7. The van der Waals surface area contributed by atoms with Crippen LogP contribution in [0.2, 0.25) is 0 Å². The third-order valence-corrected chi connectivity index (χ3v) is 5.87. The predicted octanol–water partition coefficient (Wildman–Crippen LogP) is 5.77. The molecule has 1 aliphatic heterocycles. The van der Waals surface area contributed by atoms with Crippen LogP contribution in [0.3, 0.4) is 0 Å². The van der Waals surface area contributed by atoms with Crippen molar-refractivity contribution in [3.8, 4) is 11.5 Å². The highest BCUT2D eigenvalue weighted by atomic mass is 79.9. The molecule has 2 heterocycles. The second kappa shape index (κ2) is 9.77. The number of amides is 1. The van der Waals surface area contributed by atoms with Crippen molar-refractivity contribution in [2.24, 2.45) is 0 Å². The molecule has 7 nitrogen and oxygen atoms in total. The Hall–Kier alpha value is -3.52. The zero-order chi connectivity index (χ0) is 24.4. The molecule has 3 aromatic rings. The fourth-order valence-electron chi connectivity index (χ4n) is 3.97. The van der Waals surface area contributed by atoms with Gasteiger partial charge < -0.3 is 19.0 Å². The van der Waals surface area contributed by atoms with Gasteiger partial charge in [-0.1, -0.05) is 22.0 Å². The van der Waals surface area contributed by atoms with Crippen LogP contribution < -0.4 is 14.4 Å². The van der Waals surface area contributed by atoms with Crippen molar-refractivity contribution in [2.45, 2.75) is 26.8 Å². The lowest BCUT2D eigenvalue weighted by Gasteiger charge is -2.23. The van der Waals surface area contributed by atoms with E-state index in [1.165, 1.54) is 4.90 Å². The van der Waals surface area contributed by atoms with Gasteiger partial charge in [0.25, 0.3) is 11.7 Å². The number of ketones is 1. The Morgan fingerprint density at radius 2 is 1.82 bits per heavy atom. The second-order valence-corrected chi connectivity index (χ2v) is 8.54. The van der Waals surface area contributed by atoms with E-state index in [-0.39, 0.29) is 16.9 Å². The molecule has 1 atom stereocenters. The molecule has 0 radical (unpaired) electrons. The van der Waals surface area contributed by atoms with E-state index in [0.717, 1.165) is 4.47 Å². The summed E-state index contributed by atoms with van der Waals surface area (Å²) < 4.78 is 17.8. The number of carbonyl (C=O) groups excluding carboxylic acids is 2. The maximum absolute atomic E-state index is 13.3. The molecule has 1 aromatic heterocycles. The number of hydrogen-bond donors (Lipinski definition) is 1. The Morgan fingerprint density at radius 1 is 1.06 bits per heavy atom. The van der Waals surface area contributed by atoms with Gasteiger partial charge in [0.1, 0.15) is 34.8 Å². The zero-order valence-electron chi connectivity index (χ0n) is 19.0. The Kier molecular flexibility index (Phi) is 6.79. The average Bonchev–Trinajstić information content (AvgIpc) is 3.35. The number of hydrogen-bond acceptors (Lipinski definition) is 6. The minimum atomic E-state index is -0.955. The minimum absolute atomic E-state index is 0.0792. The third-order valence-electron chi connectivity index (χ3n) is 5.38. The van der Waals surface area contributed by atoms with Gasteiger partial charge in [-0.25, -0.2) is 0 Å². The summed E-state index contributed by atoms with van der Waals surface area (Å²) in [7, 11) is 0. The molecule has 1 unspecified atom stereocenters. The number of nitrogens with zero attached hydrogens (tertiary/aromatic N) is 1. The number of anilines is 1. The summed E-state index contributed by atoms with van der Waals surface area (Å²) in [6.45, 7) is 6.25. The van der Waals surface area contributed by atoms with Crippen molar-refractivity contribution in [3.63, 3.8) is 0 Å². The molecule has 1 N–H and O–H groups in total. The quantitative estimate of drug-likeness (QED) is 0.239. The van der Waals surface area contributed by atoms with Crippen LogP contribution in [-0.2, 0) is 9.59 Å². The van der Waals surface area contributed by atoms with E-state index < -0.39 is 17.7 Å². The summed E-state index contributed by atoms with van der Waals surface area (Å²) in [6.07, 6.45) is 0. The number of aryl methyl sites for hydroxylation is 1. The van der Waals surface area contributed by atoms with Gasteiger partial charge in [0.2, 0.25) is 0 Å². The van der Waals surface area contributed by atoms with Gasteiger partial charge in [-0.05, 0) is 63.2 Å². The van der Waals surface area contributed by atoms with Crippen molar-refractivity contribution in [3.05, 3.63) is 81.7 Å². The zero-order valence-corrected chi connectivity index (χ0v) is 20.6. The van der Waals surface area contributed by atoms with Crippen LogP contribution in [0.25, 0.3) is 5.76 Å². The molecule has 1 amide bonds. The molecule has 34 heavy (non-hydrogen) atoms. The Labute approximate surface area is 205 Å². The molecule has 0 bridgehead atoms. The number of furan rings is 1. The number of aliphatic hydroxyl groups excluding tert-OH is 1. The summed E-state index contributed by atoms with van der Waals surface area (Å²) in [5.41, 5.74) is 0.696. The monoisotopic (exact) mass is 525 g/mol. The summed E-state index contributed by atoms with van der Waals surface area (Å²) >= 11 is 3.42. The summed E-state index contributed by atoms with van der Waals surface area (Å²) in [5, 5.41) is 11.4. The number of halogens is 1. The summed E-state index contributed by atoms with van der Waals surface area (Å²) in [6, 6.07) is 14.5. The third kappa shape index (κ3) is 4.33. The largest absolute Gasteiger partial charge is 0.507 e. The van der Waals surface area contributed by atoms with E-state index in [9.17, 15) is 14.7 Å². The van der Waals surface area contributed by atoms with E-state index in [1.54, 1.807) is 55.5 Å². The molecular weight excluding hydrogens is 502 g/mol. The van der Waals surface area contributed by atoms with Crippen molar-refractivity contribution < 1.29 is 28.6 Å². The van der Waals surface area contributed by atoms with E-state index in [2.05, 4.69) is 15.9 Å². The van der Waals surface area contributed by atoms with Gasteiger partial charge >= 0.3 is 0 Å². The summed E-state index contributed by atoms with van der Waals surface area (Å²) in [5.74, 6) is -0.0332. The van der Waals surface area contributed by atoms with Crippen molar-refractivity contribution in [1.82, 2.24) is 0 Å². The fourth-order valence-corrected chi connectivity index (χ4v) is 4.36.